The summed E-state index contributed by atoms with van der Waals surface area (Å²) < 4.78 is 27.4. The molecule has 1 atom stereocenters. The van der Waals surface area contributed by atoms with E-state index < -0.39 is 10.0 Å². The van der Waals surface area contributed by atoms with Gasteiger partial charge in [0.25, 0.3) is 0 Å². The van der Waals surface area contributed by atoms with E-state index >= 15 is 0 Å². The molecule has 2 N–H and O–H groups in total. The maximum Gasteiger partial charge on any atom is 0.243 e. The molecule has 2 aromatic rings. The molecule has 1 aliphatic rings. The highest BCUT2D eigenvalue weighted by molar-refractivity contribution is 7.89. The van der Waals surface area contributed by atoms with Crippen molar-refractivity contribution in [1.82, 2.24) is 9.21 Å². The molecule has 180 valence electrons. The van der Waals surface area contributed by atoms with Crippen LogP contribution in [0.15, 0.2) is 47.4 Å². The summed E-state index contributed by atoms with van der Waals surface area (Å²) >= 11 is 0. The van der Waals surface area contributed by atoms with Gasteiger partial charge in [0.1, 0.15) is 5.75 Å². The Balaban J connectivity index is 1.66. The minimum Gasteiger partial charge on any atom is -0.506 e. The Morgan fingerprint density at radius 2 is 1.73 bits per heavy atom. The van der Waals surface area contributed by atoms with Crippen LogP contribution >= 0.6 is 0 Å². The largest absolute Gasteiger partial charge is 0.506 e. The number of nitrogens with zero attached hydrogens (tertiary/aromatic N) is 3. The number of sulfonamides is 1. The van der Waals surface area contributed by atoms with Crippen LogP contribution in [0.25, 0.3) is 0 Å². The van der Waals surface area contributed by atoms with Gasteiger partial charge in [0.15, 0.2) is 0 Å². The normalized spacial score (nSPS) is 16.1. The summed E-state index contributed by atoms with van der Waals surface area (Å²) in [6.07, 6.45) is 0. The summed E-state index contributed by atoms with van der Waals surface area (Å²) in [5, 5.41) is 13.0. The summed E-state index contributed by atoms with van der Waals surface area (Å²) in [5.41, 5.74) is 1.92. The molecule has 0 aliphatic carbocycles. The van der Waals surface area contributed by atoms with Crippen molar-refractivity contribution in [3.63, 3.8) is 0 Å². The molecule has 9 heteroatoms. The monoisotopic (exact) mass is 474 g/mol. The van der Waals surface area contributed by atoms with Gasteiger partial charge >= 0.3 is 0 Å². The number of phenolic OH excluding ortho intramolecular Hbond substituents is 1. The highest BCUT2D eigenvalue weighted by Gasteiger charge is 2.28. The van der Waals surface area contributed by atoms with Crippen molar-refractivity contribution in [3.8, 4) is 5.75 Å². The van der Waals surface area contributed by atoms with Crippen LogP contribution in [0.5, 0.6) is 5.75 Å². The van der Waals surface area contributed by atoms with Crippen molar-refractivity contribution in [2.24, 2.45) is 0 Å². The third-order valence-corrected chi connectivity index (χ3v) is 8.43. The summed E-state index contributed by atoms with van der Waals surface area (Å²) in [5.74, 6) is 0.0765. The molecule has 0 radical (unpaired) electrons. The lowest BCUT2D eigenvalue weighted by Gasteiger charge is -2.38. The Kier molecular flexibility index (Phi) is 7.99. The molecule has 0 unspecified atom stereocenters. The second kappa shape index (κ2) is 10.5. The number of amides is 1. The number of hydrogen-bond acceptors (Lipinski definition) is 6. The van der Waals surface area contributed by atoms with Crippen LogP contribution in [0.2, 0.25) is 0 Å². The fraction of sp³-hybridized carbons (Fsp3) is 0.458. The van der Waals surface area contributed by atoms with Gasteiger partial charge in [0.05, 0.1) is 16.6 Å². The van der Waals surface area contributed by atoms with Crippen molar-refractivity contribution in [1.29, 1.82) is 0 Å². The Bertz CT molecular complexity index is 1080. The molecule has 8 nitrogen and oxygen atoms in total. The first-order valence-corrected chi connectivity index (χ1v) is 12.8. The molecule has 3 rings (SSSR count). The Morgan fingerprint density at radius 1 is 1.09 bits per heavy atom. The quantitative estimate of drug-likeness (QED) is 0.611. The van der Waals surface area contributed by atoms with E-state index in [1.54, 1.807) is 37.3 Å². The minimum absolute atomic E-state index is 0.180. The van der Waals surface area contributed by atoms with Gasteiger partial charge < -0.3 is 15.3 Å². The van der Waals surface area contributed by atoms with Crippen LogP contribution in [0, 0.1) is 6.92 Å². The fourth-order valence-corrected chi connectivity index (χ4v) is 5.86. The maximum absolute atomic E-state index is 13.0. The molecule has 1 amide bonds. The number of phenols is 1. The number of carbonyl (C=O) groups excluding carboxylic acids is 1. The first kappa shape index (κ1) is 25.0. The maximum atomic E-state index is 13.0. The number of anilines is 2. The highest BCUT2D eigenvalue weighted by atomic mass is 32.2. The molecular formula is C24H34N4O4S. The van der Waals surface area contributed by atoms with Gasteiger partial charge in [-0.1, -0.05) is 32.0 Å². The predicted molar refractivity (Wildman–Crippen MR) is 131 cm³/mol. The number of benzene rings is 2. The van der Waals surface area contributed by atoms with Crippen LogP contribution in [-0.4, -0.2) is 73.9 Å². The van der Waals surface area contributed by atoms with E-state index in [2.05, 4.69) is 15.1 Å². The molecule has 2 aromatic carbocycles. The highest BCUT2D eigenvalue weighted by Crippen LogP contribution is 2.28. The van der Waals surface area contributed by atoms with E-state index in [-0.39, 0.29) is 22.6 Å². The molecule has 1 heterocycles. The van der Waals surface area contributed by atoms with Gasteiger partial charge in [0, 0.05) is 45.0 Å². The number of aromatic hydroxyl groups is 1. The zero-order valence-electron chi connectivity index (χ0n) is 19.8. The fourth-order valence-electron chi connectivity index (χ4n) is 4.15. The van der Waals surface area contributed by atoms with Gasteiger partial charge in [-0.25, -0.2) is 8.42 Å². The van der Waals surface area contributed by atoms with E-state index in [0.29, 0.717) is 50.5 Å². The minimum atomic E-state index is -3.62. The second-order valence-electron chi connectivity index (χ2n) is 8.25. The molecule has 1 fully saturated rings. The zero-order chi connectivity index (χ0) is 24.2. The third-order valence-electron chi connectivity index (χ3n) is 6.24. The molecule has 33 heavy (non-hydrogen) atoms. The van der Waals surface area contributed by atoms with Crippen LogP contribution in [0.1, 0.15) is 26.3 Å². The number of hydrogen-bond donors (Lipinski definition) is 2. The lowest BCUT2D eigenvalue weighted by molar-refractivity contribution is -0.120. The summed E-state index contributed by atoms with van der Waals surface area (Å²) in [6, 6.07) is 11.9. The Morgan fingerprint density at radius 3 is 2.33 bits per heavy atom. The van der Waals surface area contributed by atoms with E-state index in [4.69, 9.17) is 0 Å². The number of piperazine rings is 1. The number of nitrogens with one attached hydrogen (secondary N) is 1. The van der Waals surface area contributed by atoms with Crippen molar-refractivity contribution >= 4 is 27.3 Å². The Hall–Kier alpha value is -2.62. The van der Waals surface area contributed by atoms with Gasteiger partial charge in [-0.3, -0.25) is 9.69 Å². The predicted octanol–water partition coefficient (Wildman–Crippen LogP) is 2.88. The van der Waals surface area contributed by atoms with E-state index in [9.17, 15) is 18.3 Å². The Labute approximate surface area is 196 Å². The van der Waals surface area contributed by atoms with E-state index in [1.807, 2.05) is 32.9 Å². The lowest BCUT2D eigenvalue weighted by atomic mass is 10.1. The van der Waals surface area contributed by atoms with Gasteiger partial charge in [0.2, 0.25) is 15.9 Å². The van der Waals surface area contributed by atoms with Crippen molar-refractivity contribution in [2.75, 3.05) is 49.5 Å². The van der Waals surface area contributed by atoms with Crippen LogP contribution in [0.4, 0.5) is 11.4 Å². The molecule has 0 aromatic heterocycles. The molecule has 1 aliphatic heterocycles. The first-order valence-electron chi connectivity index (χ1n) is 11.4. The average molecular weight is 475 g/mol. The van der Waals surface area contributed by atoms with Crippen LogP contribution < -0.4 is 10.2 Å². The molecule has 0 bridgehead atoms. The number of rotatable bonds is 8. The topological polar surface area (TPSA) is 93.2 Å². The third kappa shape index (κ3) is 5.48. The molecule has 1 saturated heterocycles. The van der Waals surface area contributed by atoms with E-state index in [0.717, 1.165) is 5.69 Å². The number of carbonyl (C=O) groups is 1. The smallest absolute Gasteiger partial charge is 0.243 e. The summed E-state index contributed by atoms with van der Waals surface area (Å²) in [7, 11) is -3.62. The second-order valence-corrected chi connectivity index (χ2v) is 10.2. The van der Waals surface area contributed by atoms with Crippen LogP contribution in [-0.2, 0) is 14.8 Å². The van der Waals surface area contributed by atoms with Crippen molar-refractivity contribution in [3.05, 3.63) is 48.0 Å². The molecule has 0 spiro atoms. The SMILES string of the molecule is CCN(CC)S(=O)(=O)c1cc(NC(=O)[C@@H](C)N2CCN(c3ccccc3O)CC2)ccc1C. The van der Waals surface area contributed by atoms with Crippen molar-refractivity contribution < 1.29 is 18.3 Å². The zero-order valence-corrected chi connectivity index (χ0v) is 20.6. The standard InChI is InChI=1S/C24H34N4O4S/c1-5-28(6-2)33(31,32)23-17-20(12-11-18(23)3)25-24(30)19(4)26-13-15-27(16-14-26)21-9-7-8-10-22(21)29/h7-12,17,19,29H,5-6,13-16H2,1-4H3,(H,25,30)/t19-/m1/s1. The van der Waals surface area contributed by atoms with Gasteiger partial charge in [-0.15, -0.1) is 0 Å². The number of aryl methyl sites for hydroxylation is 1. The number of para-hydroxylation sites is 2. The van der Waals surface area contributed by atoms with E-state index in [1.165, 1.54) is 4.31 Å². The van der Waals surface area contributed by atoms with Gasteiger partial charge in [-0.2, -0.15) is 4.31 Å². The van der Waals surface area contributed by atoms with Crippen molar-refractivity contribution in [2.45, 2.75) is 38.6 Å². The first-order chi connectivity index (χ1) is 15.7. The summed E-state index contributed by atoms with van der Waals surface area (Å²) in [6.45, 7) is 10.8. The summed E-state index contributed by atoms with van der Waals surface area (Å²) in [4.78, 5) is 17.4. The average Bonchev–Trinajstić information content (AvgIpc) is 2.80. The lowest BCUT2D eigenvalue weighted by Crippen LogP contribution is -2.52. The molecular weight excluding hydrogens is 440 g/mol. The van der Waals surface area contributed by atoms with Gasteiger partial charge in [-0.05, 0) is 43.7 Å². The van der Waals surface area contributed by atoms with Crippen LogP contribution in [0.3, 0.4) is 0 Å². The molecule has 0 saturated carbocycles.